The van der Waals surface area contributed by atoms with Crippen LogP contribution >= 0.6 is 0 Å². The van der Waals surface area contributed by atoms with Gasteiger partial charge in [-0.3, -0.25) is 4.79 Å². The van der Waals surface area contributed by atoms with E-state index in [0.717, 1.165) is 31.4 Å². The molecule has 0 aliphatic rings. The van der Waals surface area contributed by atoms with Crippen molar-refractivity contribution in [2.24, 2.45) is 11.8 Å². The molecule has 0 aliphatic heterocycles. The Morgan fingerprint density at radius 3 is 2.21 bits per heavy atom. The zero-order valence-corrected chi connectivity index (χ0v) is 18.1. The molecule has 0 heterocycles. The van der Waals surface area contributed by atoms with Gasteiger partial charge >= 0.3 is 0 Å². The first kappa shape index (κ1) is 22.7. The molecule has 0 aromatic heterocycles. The Kier molecular flexibility index (Phi) is 8.92. The minimum absolute atomic E-state index is 0.0859. The summed E-state index contributed by atoms with van der Waals surface area (Å²) in [4.78, 5) is 11.6. The summed E-state index contributed by atoms with van der Waals surface area (Å²) in [5, 5.41) is 0. The summed E-state index contributed by atoms with van der Waals surface area (Å²) < 4.78 is 5.62. The SMILES string of the molecule is C=C(CCC(Cc1ccc(-c2ccccc2)cc1)C[C@@H](C)C(=C)OCC)C(C)=O. The fraction of sp³-hybridized carbons (Fsp3) is 0.370. The Labute approximate surface area is 176 Å². The van der Waals surface area contributed by atoms with Crippen molar-refractivity contribution in [2.45, 2.75) is 46.5 Å². The largest absolute Gasteiger partial charge is 0.499 e. The van der Waals surface area contributed by atoms with E-state index < -0.39 is 0 Å². The summed E-state index contributed by atoms with van der Waals surface area (Å²) in [7, 11) is 0. The Hall–Kier alpha value is -2.61. The molecule has 0 saturated carbocycles. The average molecular weight is 391 g/mol. The number of Topliss-reactive ketones (excluding diaryl/α,β-unsaturated/α-hetero) is 1. The molecular weight excluding hydrogens is 356 g/mol. The van der Waals surface area contributed by atoms with E-state index in [4.69, 9.17) is 4.74 Å². The number of hydrogen-bond donors (Lipinski definition) is 0. The minimum Gasteiger partial charge on any atom is -0.499 e. The molecule has 2 aromatic rings. The van der Waals surface area contributed by atoms with E-state index in [1.807, 2.05) is 13.0 Å². The first-order valence-corrected chi connectivity index (χ1v) is 10.5. The molecule has 0 saturated heterocycles. The molecule has 29 heavy (non-hydrogen) atoms. The lowest BCUT2D eigenvalue weighted by atomic mass is 9.85. The zero-order valence-electron chi connectivity index (χ0n) is 18.1. The zero-order chi connectivity index (χ0) is 21.2. The molecule has 0 aliphatic carbocycles. The van der Waals surface area contributed by atoms with Gasteiger partial charge in [0.2, 0.25) is 0 Å². The van der Waals surface area contributed by atoms with Crippen LogP contribution in [0.25, 0.3) is 11.1 Å². The van der Waals surface area contributed by atoms with Gasteiger partial charge in [-0.05, 0) is 67.7 Å². The summed E-state index contributed by atoms with van der Waals surface area (Å²) in [5.41, 5.74) is 4.49. The highest BCUT2D eigenvalue weighted by Gasteiger charge is 2.18. The van der Waals surface area contributed by atoms with E-state index in [-0.39, 0.29) is 11.7 Å². The molecule has 0 N–H and O–H groups in total. The van der Waals surface area contributed by atoms with Crippen molar-refractivity contribution in [2.75, 3.05) is 6.61 Å². The quantitative estimate of drug-likeness (QED) is 0.288. The van der Waals surface area contributed by atoms with Gasteiger partial charge in [0.25, 0.3) is 0 Å². The highest BCUT2D eigenvalue weighted by atomic mass is 16.5. The monoisotopic (exact) mass is 390 g/mol. The lowest BCUT2D eigenvalue weighted by Crippen LogP contribution is -2.13. The highest BCUT2D eigenvalue weighted by molar-refractivity contribution is 5.92. The van der Waals surface area contributed by atoms with Gasteiger partial charge in [-0.25, -0.2) is 0 Å². The molecule has 154 valence electrons. The van der Waals surface area contributed by atoms with Crippen LogP contribution in [-0.4, -0.2) is 12.4 Å². The summed E-state index contributed by atoms with van der Waals surface area (Å²) in [6, 6.07) is 19.3. The topological polar surface area (TPSA) is 26.3 Å². The van der Waals surface area contributed by atoms with Crippen LogP contribution in [0.3, 0.4) is 0 Å². The Balaban J connectivity index is 2.07. The predicted molar refractivity (Wildman–Crippen MR) is 123 cm³/mol. The van der Waals surface area contributed by atoms with Crippen molar-refractivity contribution in [3.63, 3.8) is 0 Å². The molecule has 1 unspecified atom stereocenters. The van der Waals surface area contributed by atoms with Crippen molar-refractivity contribution in [3.05, 3.63) is 84.7 Å². The van der Waals surface area contributed by atoms with E-state index in [9.17, 15) is 4.79 Å². The minimum atomic E-state index is 0.0859. The third-order valence-electron chi connectivity index (χ3n) is 5.50. The second kappa shape index (κ2) is 11.4. The van der Waals surface area contributed by atoms with Gasteiger partial charge < -0.3 is 4.74 Å². The van der Waals surface area contributed by atoms with Crippen LogP contribution < -0.4 is 0 Å². The summed E-state index contributed by atoms with van der Waals surface area (Å²) in [5.74, 6) is 1.67. The lowest BCUT2D eigenvalue weighted by Gasteiger charge is -2.23. The number of ketones is 1. The van der Waals surface area contributed by atoms with Crippen LogP contribution in [0.1, 0.15) is 45.6 Å². The normalized spacial score (nSPS) is 12.8. The number of carbonyl (C=O) groups is 1. The molecule has 2 heteroatoms. The van der Waals surface area contributed by atoms with E-state index in [2.05, 4.69) is 68.6 Å². The van der Waals surface area contributed by atoms with Crippen molar-refractivity contribution in [1.29, 1.82) is 0 Å². The van der Waals surface area contributed by atoms with Gasteiger partial charge in [-0.1, -0.05) is 74.7 Å². The van der Waals surface area contributed by atoms with Gasteiger partial charge in [0.1, 0.15) is 0 Å². The molecule has 0 bridgehead atoms. The van der Waals surface area contributed by atoms with Crippen molar-refractivity contribution < 1.29 is 9.53 Å². The Morgan fingerprint density at radius 1 is 1.00 bits per heavy atom. The van der Waals surface area contributed by atoms with Crippen molar-refractivity contribution >= 4 is 5.78 Å². The average Bonchev–Trinajstić information content (AvgIpc) is 2.73. The second-order valence-electron chi connectivity index (χ2n) is 7.87. The van der Waals surface area contributed by atoms with Gasteiger partial charge in [0.15, 0.2) is 5.78 Å². The van der Waals surface area contributed by atoms with Crippen LogP contribution in [-0.2, 0) is 16.0 Å². The lowest BCUT2D eigenvalue weighted by molar-refractivity contribution is -0.113. The van der Waals surface area contributed by atoms with Crippen LogP contribution in [0.2, 0.25) is 0 Å². The molecule has 2 aromatic carbocycles. The van der Waals surface area contributed by atoms with E-state index in [1.165, 1.54) is 16.7 Å². The van der Waals surface area contributed by atoms with Crippen LogP contribution in [0.15, 0.2) is 79.1 Å². The van der Waals surface area contributed by atoms with Gasteiger partial charge in [-0.15, -0.1) is 0 Å². The first-order chi connectivity index (χ1) is 13.9. The third-order valence-corrected chi connectivity index (χ3v) is 5.50. The van der Waals surface area contributed by atoms with Gasteiger partial charge in [0.05, 0.1) is 12.4 Å². The van der Waals surface area contributed by atoms with Gasteiger partial charge in [0, 0.05) is 5.92 Å². The maximum atomic E-state index is 11.6. The second-order valence-corrected chi connectivity index (χ2v) is 7.87. The van der Waals surface area contributed by atoms with E-state index >= 15 is 0 Å². The molecule has 2 atom stereocenters. The molecule has 2 rings (SSSR count). The standard InChI is InChI=1S/C27H34O2/c1-6-29-23(5)21(3)18-25(13-12-20(2)22(4)28)19-24-14-16-27(17-15-24)26-10-8-7-9-11-26/h7-11,14-17,21,25H,2,5-6,12-13,18-19H2,1,3-4H3/t21-,25?/m1/s1. The van der Waals surface area contributed by atoms with Crippen molar-refractivity contribution in [1.82, 2.24) is 0 Å². The Bertz CT molecular complexity index is 802. The number of carbonyl (C=O) groups excluding carboxylic acids is 1. The number of benzene rings is 2. The van der Waals surface area contributed by atoms with Crippen LogP contribution in [0.4, 0.5) is 0 Å². The van der Waals surface area contributed by atoms with Crippen molar-refractivity contribution in [3.8, 4) is 11.1 Å². The number of rotatable bonds is 12. The smallest absolute Gasteiger partial charge is 0.155 e. The molecule has 0 radical (unpaired) electrons. The number of allylic oxidation sites excluding steroid dienone is 2. The maximum absolute atomic E-state index is 11.6. The molecule has 0 spiro atoms. The summed E-state index contributed by atoms with van der Waals surface area (Å²) >= 11 is 0. The fourth-order valence-corrected chi connectivity index (χ4v) is 3.61. The summed E-state index contributed by atoms with van der Waals surface area (Å²) in [6.07, 6.45) is 3.66. The number of ether oxygens (including phenoxy) is 1. The third kappa shape index (κ3) is 7.38. The van der Waals surface area contributed by atoms with Crippen LogP contribution in [0.5, 0.6) is 0 Å². The molecule has 0 amide bonds. The molecular formula is C27H34O2. The predicted octanol–water partition coefficient (Wildman–Crippen LogP) is 7.01. The fourth-order valence-electron chi connectivity index (χ4n) is 3.61. The van der Waals surface area contributed by atoms with Crippen LogP contribution in [0, 0.1) is 11.8 Å². The Morgan fingerprint density at radius 2 is 1.62 bits per heavy atom. The highest BCUT2D eigenvalue weighted by Crippen LogP contribution is 2.28. The van der Waals surface area contributed by atoms with E-state index in [0.29, 0.717) is 18.1 Å². The molecule has 0 fully saturated rings. The summed E-state index contributed by atoms with van der Waals surface area (Å²) in [6.45, 7) is 14.4. The maximum Gasteiger partial charge on any atom is 0.155 e. The number of hydrogen-bond acceptors (Lipinski definition) is 2. The first-order valence-electron chi connectivity index (χ1n) is 10.5. The van der Waals surface area contributed by atoms with Gasteiger partial charge in [-0.2, -0.15) is 0 Å². The van der Waals surface area contributed by atoms with E-state index in [1.54, 1.807) is 6.92 Å². The molecule has 2 nitrogen and oxygen atoms in total.